The zero-order valence-electron chi connectivity index (χ0n) is 7.64. The first-order valence-electron chi connectivity index (χ1n) is 4.44. The molecule has 0 aromatic carbocycles. The fourth-order valence-electron chi connectivity index (χ4n) is 1.78. The number of carbonyl (C=O) groups excluding carboxylic acids is 1. The minimum absolute atomic E-state index is 0.165. The second-order valence-electron chi connectivity index (χ2n) is 3.80. The maximum Gasteiger partial charge on any atom is 0.228 e. The van der Waals surface area contributed by atoms with E-state index < -0.39 is 0 Å². The molecule has 1 rings (SSSR count). The van der Waals surface area contributed by atoms with Crippen LogP contribution in [0.25, 0.3) is 0 Å². The van der Waals surface area contributed by atoms with Gasteiger partial charge in [0.05, 0.1) is 5.41 Å². The molecule has 0 N–H and O–H groups in total. The molecule has 1 aliphatic carbocycles. The lowest BCUT2D eigenvalue weighted by atomic mass is 9.70. The third kappa shape index (κ3) is 1.56. The quantitative estimate of drug-likeness (QED) is 0.479. The van der Waals surface area contributed by atoms with E-state index in [1.165, 1.54) is 0 Å². The lowest BCUT2D eigenvalue weighted by Gasteiger charge is -2.34. The largest absolute Gasteiger partial charge is 0.281 e. The van der Waals surface area contributed by atoms with Gasteiger partial charge < -0.3 is 0 Å². The van der Waals surface area contributed by atoms with Gasteiger partial charge in [0.2, 0.25) is 5.24 Å². The molecule has 2 heteroatoms. The maximum absolute atomic E-state index is 11.3. The lowest BCUT2D eigenvalue weighted by molar-refractivity contribution is -0.123. The van der Waals surface area contributed by atoms with Crippen LogP contribution in [-0.2, 0) is 4.79 Å². The minimum atomic E-state index is -0.281. The van der Waals surface area contributed by atoms with Gasteiger partial charge in [-0.25, -0.2) is 0 Å². The summed E-state index contributed by atoms with van der Waals surface area (Å²) in [5.41, 5.74) is -0.281. The fourth-order valence-corrected chi connectivity index (χ4v) is 2.17. The second kappa shape index (κ2) is 3.61. The summed E-state index contributed by atoms with van der Waals surface area (Å²) in [6.45, 7) is 4.14. The van der Waals surface area contributed by atoms with E-state index in [-0.39, 0.29) is 10.7 Å². The Labute approximate surface area is 78.8 Å². The zero-order valence-corrected chi connectivity index (χ0v) is 8.40. The SMILES string of the molecule is CC(C)C1(C(=O)Cl)CC=CCC1. The van der Waals surface area contributed by atoms with Gasteiger partial charge in [-0.2, -0.15) is 0 Å². The van der Waals surface area contributed by atoms with E-state index in [4.69, 9.17) is 11.6 Å². The van der Waals surface area contributed by atoms with Crippen molar-refractivity contribution in [3.8, 4) is 0 Å². The summed E-state index contributed by atoms with van der Waals surface area (Å²) in [6, 6.07) is 0. The Hall–Kier alpha value is -0.300. The van der Waals surface area contributed by atoms with Crippen LogP contribution < -0.4 is 0 Å². The molecule has 0 spiro atoms. The van der Waals surface area contributed by atoms with Crippen molar-refractivity contribution in [2.75, 3.05) is 0 Å². The van der Waals surface area contributed by atoms with Gasteiger partial charge in [-0.05, 0) is 36.8 Å². The molecule has 0 heterocycles. The van der Waals surface area contributed by atoms with Crippen LogP contribution in [0, 0.1) is 11.3 Å². The van der Waals surface area contributed by atoms with Crippen molar-refractivity contribution in [2.24, 2.45) is 11.3 Å². The van der Waals surface area contributed by atoms with Crippen LogP contribution >= 0.6 is 11.6 Å². The number of carbonyl (C=O) groups is 1. The van der Waals surface area contributed by atoms with E-state index in [0.29, 0.717) is 5.92 Å². The summed E-state index contributed by atoms with van der Waals surface area (Å²) in [6.07, 6.45) is 6.90. The third-order valence-electron chi connectivity index (χ3n) is 2.90. The Morgan fingerprint density at radius 3 is 2.42 bits per heavy atom. The first-order valence-corrected chi connectivity index (χ1v) is 4.82. The van der Waals surface area contributed by atoms with E-state index >= 15 is 0 Å². The van der Waals surface area contributed by atoms with Gasteiger partial charge in [-0.15, -0.1) is 0 Å². The molecule has 0 aromatic heterocycles. The smallest absolute Gasteiger partial charge is 0.228 e. The van der Waals surface area contributed by atoms with Crippen molar-refractivity contribution >= 4 is 16.8 Å². The number of halogens is 1. The van der Waals surface area contributed by atoms with E-state index in [1.54, 1.807) is 0 Å². The van der Waals surface area contributed by atoms with Crippen LogP contribution in [0.3, 0.4) is 0 Å². The van der Waals surface area contributed by atoms with Gasteiger partial charge in [-0.1, -0.05) is 26.0 Å². The van der Waals surface area contributed by atoms with Gasteiger partial charge in [0, 0.05) is 0 Å². The maximum atomic E-state index is 11.3. The van der Waals surface area contributed by atoms with Crippen molar-refractivity contribution in [1.29, 1.82) is 0 Å². The minimum Gasteiger partial charge on any atom is -0.281 e. The predicted octanol–water partition coefficient (Wildman–Crippen LogP) is 3.13. The topological polar surface area (TPSA) is 17.1 Å². The first kappa shape index (κ1) is 9.79. The molecule has 0 saturated carbocycles. The highest BCUT2D eigenvalue weighted by atomic mass is 35.5. The van der Waals surface area contributed by atoms with Crippen LogP contribution in [0.2, 0.25) is 0 Å². The van der Waals surface area contributed by atoms with Gasteiger partial charge in [0.1, 0.15) is 0 Å². The molecule has 1 atom stereocenters. The number of hydrogen-bond donors (Lipinski definition) is 0. The van der Waals surface area contributed by atoms with E-state index in [2.05, 4.69) is 26.0 Å². The van der Waals surface area contributed by atoms with Crippen molar-refractivity contribution in [1.82, 2.24) is 0 Å². The molecule has 0 fully saturated rings. The second-order valence-corrected chi connectivity index (χ2v) is 4.14. The average molecular weight is 187 g/mol. The first-order chi connectivity index (χ1) is 5.59. The Bertz CT molecular complexity index is 208. The summed E-state index contributed by atoms with van der Waals surface area (Å²) < 4.78 is 0. The van der Waals surface area contributed by atoms with Crippen LogP contribution in [-0.4, -0.2) is 5.24 Å². The van der Waals surface area contributed by atoms with Crippen molar-refractivity contribution in [2.45, 2.75) is 33.1 Å². The average Bonchev–Trinajstić information content (AvgIpc) is 2.05. The molecule has 68 valence electrons. The number of allylic oxidation sites excluding steroid dienone is 2. The standard InChI is InChI=1S/C10H15ClO/c1-8(2)10(9(11)12)6-4-3-5-7-10/h3-4,8H,5-7H2,1-2H3. The highest BCUT2D eigenvalue weighted by Crippen LogP contribution is 2.41. The molecule has 1 unspecified atom stereocenters. The molecular weight excluding hydrogens is 172 g/mol. The van der Waals surface area contributed by atoms with Gasteiger partial charge >= 0.3 is 0 Å². The fraction of sp³-hybridized carbons (Fsp3) is 0.700. The summed E-state index contributed by atoms with van der Waals surface area (Å²) >= 11 is 5.64. The van der Waals surface area contributed by atoms with E-state index in [0.717, 1.165) is 19.3 Å². The highest BCUT2D eigenvalue weighted by Gasteiger charge is 2.39. The van der Waals surface area contributed by atoms with Gasteiger partial charge in [0.25, 0.3) is 0 Å². The summed E-state index contributed by atoms with van der Waals surface area (Å²) in [5.74, 6) is 0.340. The van der Waals surface area contributed by atoms with Crippen molar-refractivity contribution in [3.63, 3.8) is 0 Å². The number of hydrogen-bond acceptors (Lipinski definition) is 1. The lowest BCUT2D eigenvalue weighted by Crippen LogP contribution is -2.34. The molecule has 0 radical (unpaired) electrons. The molecule has 0 bridgehead atoms. The highest BCUT2D eigenvalue weighted by molar-refractivity contribution is 6.64. The van der Waals surface area contributed by atoms with E-state index in [9.17, 15) is 4.79 Å². The molecule has 0 aromatic rings. The van der Waals surface area contributed by atoms with Crippen LogP contribution in [0.1, 0.15) is 33.1 Å². The van der Waals surface area contributed by atoms with Crippen LogP contribution in [0.15, 0.2) is 12.2 Å². The van der Waals surface area contributed by atoms with E-state index in [1.807, 2.05) is 0 Å². The van der Waals surface area contributed by atoms with Gasteiger partial charge in [-0.3, -0.25) is 4.79 Å². The molecule has 1 aliphatic rings. The third-order valence-corrected chi connectivity index (χ3v) is 3.28. The Kier molecular flexibility index (Phi) is 2.94. The van der Waals surface area contributed by atoms with Crippen LogP contribution in [0.5, 0.6) is 0 Å². The van der Waals surface area contributed by atoms with Crippen molar-refractivity contribution < 1.29 is 4.79 Å². The summed E-state index contributed by atoms with van der Waals surface area (Å²) in [7, 11) is 0. The molecule has 12 heavy (non-hydrogen) atoms. The molecular formula is C10H15ClO. The summed E-state index contributed by atoms with van der Waals surface area (Å²) in [5, 5.41) is -0.165. The van der Waals surface area contributed by atoms with Crippen LogP contribution in [0.4, 0.5) is 0 Å². The predicted molar refractivity (Wildman–Crippen MR) is 51.1 cm³/mol. The summed E-state index contributed by atoms with van der Waals surface area (Å²) in [4.78, 5) is 11.3. The van der Waals surface area contributed by atoms with Gasteiger partial charge in [0.15, 0.2) is 0 Å². The number of rotatable bonds is 2. The normalized spacial score (nSPS) is 29.3. The Morgan fingerprint density at radius 1 is 1.50 bits per heavy atom. The Morgan fingerprint density at radius 2 is 2.17 bits per heavy atom. The monoisotopic (exact) mass is 186 g/mol. The Balaban J connectivity index is 2.86. The molecule has 0 saturated heterocycles. The van der Waals surface area contributed by atoms with Crippen molar-refractivity contribution in [3.05, 3.63) is 12.2 Å². The molecule has 0 aliphatic heterocycles. The molecule has 0 amide bonds. The molecule has 1 nitrogen and oxygen atoms in total. The zero-order chi connectivity index (χ0) is 9.19.